The highest BCUT2D eigenvalue weighted by Gasteiger charge is 2.23. The molecule has 88 valence electrons. The maximum Gasteiger partial charge on any atom is 0.157 e. The summed E-state index contributed by atoms with van der Waals surface area (Å²) in [4.78, 5) is 0. The second-order valence-corrected chi connectivity index (χ2v) is 3.90. The van der Waals surface area contributed by atoms with Crippen LogP contribution < -0.4 is 0 Å². The van der Waals surface area contributed by atoms with Gasteiger partial charge < -0.3 is 19.7 Å². The minimum Gasteiger partial charge on any atom is -0.366 e. The van der Waals surface area contributed by atoms with Crippen LogP contribution in [-0.4, -0.2) is 35.5 Å². The lowest BCUT2D eigenvalue weighted by Crippen LogP contribution is -2.15. The fraction of sp³-hybridized carbons (Fsp3) is 0.818. The van der Waals surface area contributed by atoms with Gasteiger partial charge in [-0.3, -0.25) is 0 Å². The molecule has 2 unspecified atom stereocenters. The molecule has 1 heterocycles. The van der Waals surface area contributed by atoms with E-state index in [1.165, 1.54) is 13.8 Å². The van der Waals surface area contributed by atoms with Crippen molar-refractivity contribution in [3.63, 3.8) is 0 Å². The van der Waals surface area contributed by atoms with Gasteiger partial charge in [0.05, 0.1) is 6.10 Å². The normalized spacial score (nSPS) is 25.3. The second kappa shape index (κ2) is 6.81. The Morgan fingerprint density at radius 1 is 1.47 bits per heavy atom. The lowest BCUT2D eigenvalue weighted by molar-refractivity contribution is -0.127. The summed E-state index contributed by atoms with van der Waals surface area (Å²) in [5.41, 5.74) is 0. The van der Waals surface area contributed by atoms with Crippen molar-refractivity contribution in [1.82, 2.24) is 0 Å². The zero-order valence-corrected chi connectivity index (χ0v) is 9.56. The Bertz CT molecular complexity index is 196. The van der Waals surface area contributed by atoms with E-state index in [4.69, 9.17) is 26.1 Å². The number of methoxy groups -OCH3 is 1. The molecule has 0 radical (unpaired) electrons. The Morgan fingerprint density at radius 2 is 2.00 bits per heavy atom. The topological polar surface area (TPSA) is 58.9 Å². The summed E-state index contributed by atoms with van der Waals surface area (Å²) in [5.74, 6) is 1.07. The van der Waals surface area contributed by atoms with Gasteiger partial charge in [0.2, 0.25) is 0 Å². The van der Waals surface area contributed by atoms with Gasteiger partial charge in [-0.05, 0) is 20.3 Å². The van der Waals surface area contributed by atoms with Crippen LogP contribution in [-0.2, 0) is 9.47 Å². The number of rotatable bonds is 2. The van der Waals surface area contributed by atoms with E-state index in [-0.39, 0.29) is 12.4 Å². The van der Waals surface area contributed by atoms with E-state index in [1.54, 1.807) is 7.11 Å². The lowest BCUT2D eigenvalue weighted by atomic mass is 10.2. The van der Waals surface area contributed by atoms with Crippen molar-refractivity contribution in [2.75, 3.05) is 7.11 Å². The Kier molecular flexibility index (Phi) is 6.53. The van der Waals surface area contributed by atoms with Crippen LogP contribution in [0.2, 0.25) is 0 Å². The van der Waals surface area contributed by atoms with Gasteiger partial charge in [-0.1, -0.05) is 0 Å². The molecule has 1 saturated heterocycles. The molecule has 1 rings (SSSR count). The largest absolute Gasteiger partial charge is 0.366 e. The first-order valence-corrected chi connectivity index (χ1v) is 4.93. The van der Waals surface area contributed by atoms with Gasteiger partial charge in [0, 0.05) is 20.0 Å². The summed E-state index contributed by atoms with van der Waals surface area (Å²) in [6, 6.07) is 0. The highest BCUT2D eigenvalue weighted by Crippen LogP contribution is 2.21. The Labute approximate surface area is 91.2 Å². The predicted octanol–water partition coefficient (Wildman–Crippen LogP) is 0.868. The molecule has 0 aliphatic carbocycles. The second-order valence-electron chi connectivity index (χ2n) is 3.90. The van der Waals surface area contributed by atoms with Gasteiger partial charge in [0.15, 0.2) is 12.1 Å². The first-order chi connectivity index (χ1) is 6.86. The Hall–Kier alpha value is -0.600. The summed E-state index contributed by atoms with van der Waals surface area (Å²) in [7, 11) is 1.66. The highest BCUT2D eigenvalue weighted by atomic mass is 16.7. The average molecular weight is 216 g/mol. The molecule has 0 bridgehead atoms. The Balaban J connectivity index is 0.000000336. The third kappa shape index (κ3) is 9.70. The number of aliphatic hydroxyl groups is 2. The number of terminal acetylenes is 1. The van der Waals surface area contributed by atoms with E-state index < -0.39 is 5.79 Å². The quantitative estimate of drug-likeness (QED) is 0.531. The average Bonchev–Trinajstić information content (AvgIpc) is 2.50. The van der Waals surface area contributed by atoms with Crippen molar-refractivity contribution < 1.29 is 19.7 Å². The molecule has 4 nitrogen and oxygen atoms in total. The maximum absolute atomic E-state index is 8.08. The maximum atomic E-state index is 8.08. The standard InChI is InChI=1S/C8H12O2.C3H8O2/c1-3-4-7-5-6-8(9-2)10-7;1-3(2,4)5/h1,7-8H,4-6H2,2H3;4-5H,1-2H3. The molecule has 2 N–H and O–H groups in total. The zero-order valence-electron chi connectivity index (χ0n) is 9.56. The van der Waals surface area contributed by atoms with Crippen molar-refractivity contribution in [2.45, 2.75) is 51.3 Å². The van der Waals surface area contributed by atoms with Crippen LogP contribution in [0, 0.1) is 12.3 Å². The van der Waals surface area contributed by atoms with Gasteiger partial charge in [-0.15, -0.1) is 12.3 Å². The molecule has 1 fully saturated rings. The summed E-state index contributed by atoms with van der Waals surface area (Å²) < 4.78 is 10.4. The van der Waals surface area contributed by atoms with Crippen LogP contribution in [0.15, 0.2) is 0 Å². The minimum absolute atomic E-state index is 0.0154. The van der Waals surface area contributed by atoms with E-state index in [9.17, 15) is 0 Å². The molecule has 4 heteroatoms. The zero-order chi connectivity index (χ0) is 11.9. The molecule has 1 aliphatic heterocycles. The third-order valence-electron chi connectivity index (χ3n) is 1.68. The molecule has 1 aliphatic rings. The summed E-state index contributed by atoms with van der Waals surface area (Å²) >= 11 is 0. The van der Waals surface area contributed by atoms with Crippen LogP contribution in [0.1, 0.15) is 33.1 Å². The first-order valence-electron chi connectivity index (χ1n) is 4.93. The SMILES string of the molecule is C#CCC1CCC(OC)O1.CC(C)(O)O. The van der Waals surface area contributed by atoms with Crippen molar-refractivity contribution in [3.8, 4) is 12.3 Å². The monoisotopic (exact) mass is 216 g/mol. The van der Waals surface area contributed by atoms with E-state index >= 15 is 0 Å². The summed E-state index contributed by atoms with van der Waals surface area (Å²) in [6.07, 6.45) is 8.05. The number of hydrogen-bond donors (Lipinski definition) is 2. The van der Waals surface area contributed by atoms with E-state index in [0.717, 1.165) is 12.8 Å². The van der Waals surface area contributed by atoms with Crippen LogP contribution in [0.4, 0.5) is 0 Å². The van der Waals surface area contributed by atoms with E-state index in [1.807, 2.05) is 0 Å². The fourth-order valence-corrected chi connectivity index (χ4v) is 1.13. The van der Waals surface area contributed by atoms with Gasteiger partial charge in [0.1, 0.15) is 0 Å². The molecule has 0 aromatic rings. The van der Waals surface area contributed by atoms with Gasteiger partial charge >= 0.3 is 0 Å². The minimum atomic E-state index is -1.50. The molecule has 0 spiro atoms. The number of hydrogen-bond acceptors (Lipinski definition) is 4. The highest BCUT2D eigenvalue weighted by molar-refractivity contribution is 4.89. The lowest BCUT2D eigenvalue weighted by Gasteiger charge is -2.08. The summed E-state index contributed by atoms with van der Waals surface area (Å²) in [6.45, 7) is 2.60. The Morgan fingerprint density at radius 3 is 2.33 bits per heavy atom. The van der Waals surface area contributed by atoms with Crippen molar-refractivity contribution in [1.29, 1.82) is 0 Å². The fourth-order valence-electron chi connectivity index (χ4n) is 1.13. The molecular weight excluding hydrogens is 196 g/mol. The molecule has 15 heavy (non-hydrogen) atoms. The number of ether oxygens (including phenoxy) is 2. The van der Waals surface area contributed by atoms with E-state index in [0.29, 0.717) is 6.42 Å². The first kappa shape index (κ1) is 14.4. The van der Waals surface area contributed by atoms with Crippen molar-refractivity contribution in [2.24, 2.45) is 0 Å². The van der Waals surface area contributed by atoms with Crippen LogP contribution in [0.25, 0.3) is 0 Å². The molecule has 0 aromatic carbocycles. The molecule has 0 amide bonds. The molecular formula is C11H20O4. The van der Waals surface area contributed by atoms with Gasteiger partial charge in [0.25, 0.3) is 0 Å². The smallest absolute Gasteiger partial charge is 0.157 e. The van der Waals surface area contributed by atoms with Gasteiger partial charge in [-0.25, -0.2) is 0 Å². The molecule has 0 saturated carbocycles. The van der Waals surface area contributed by atoms with Crippen molar-refractivity contribution >= 4 is 0 Å². The summed E-state index contributed by atoms with van der Waals surface area (Å²) in [5, 5.41) is 16.2. The van der Waals surface area contributed by atoms with Gasteiger partial charge in [-0.2, -0.15) is 0 Å². The van der Waals surface area contributed by atoms with E-state index in [2.05, 4.69) is 5.92 Å². The van der Waals surface area contributed by atoms with Crippen LogP contribution >= 0.6 is 0 Å². The molecule has 2 atom stereocenters. The van der Waals surface area contributed by atoms with Crippen molar-refractivity contribution in [3.05, 3.63) is 0 Å². The predicted molar refractivity (Wildman–Crippen MR) is 56.9 cm³/mol. The van der Waals surface area contributed by atoms with Crippen LogP contribution in [0.5, 0.6) is 0 Å². The third-order valence-corrected chi connectivity index (χ3v) is 1.68. The van der Waals surface area contributed by atoms with Crippen LogP contribution in [0.3, 0.4) is 0 Å². The molecule has 0 aromatic heterocycles.